The van der Waals surface area contributed by atoms with Gasteiger partial charge in [-0.05, 0) is 79.5 Å². The highest BCUT2D eigenvalue weighted by Crippen LogP contribution is 2.52. The molecule has 0 bridgehead atoms. The van der Waals surface area contributed by atoms with Crippen molar-refractivity contribution in [3.05, 3.63) is 88.3 Å². The van der Waals surface area contributed by atoms with Gasteiger partial charge < -0.3 is 5.11 Å². The van der Waals surface area contributed by atoms with Crippen LogP contribution < -0.4 is 0 Å². The van der Waals surface area contributed by atoms with Crippen LogP contribution in [0.5, 0.6) is 0 Å². The molecule has 2 aromatic rings. The van der Waals surface area contributed by atoms with E-state index in [4.69, 9.17) is 0 Å². The summed E-state index contributed by atoms with van der Waals surface area (Å²) in [6.07, 6.45) is 5.23. The first-order valence-electron chi connectivity index (χ1n) is 9.93. The van der Waals surface area contributed by atoms with Gasteiger partial charge in [0.1, 0.15) is 5.82 Å². The monoisotopic (exact) mass is 376 g/mol. The summed E-state index contributed by atoms with van der Waals surface area (Å²) in [7, 11) is 0. The summed E-state index contributed by atoms with van der Waals surface area (Å²) in [5.41, 5.74) is 3.95. The van der Waals surface area contributed by atoms with E-state index in [1.807, 2.05) is 37.3 Å². The number of aliphatic hydroxyl groups is 1. The summed E-state index contributed by atoms with van der Waals surface area (Å²) in [5, 5.41) is 10.8. The summed E-state index contributed by atoms with van der Waals surface area (Å²) in [6, 6.07) is 16.6. The maximum Gasteiger partial charge on any atom is 0.184 e. The number of ketones is 1. The van der Waals surface area contributed by atoms with Crippen LogP contribution in [0.4, 0.5) is 4.39 Å². The van der Waals surface area contributed by atoms with E-state index in [1.165, 1.54) is 17.7 Å². The van der Waals surface area contributed by atoms with Gasteiger partial charge in [-0.1, -0.05) is 42.5 Å². The lowest BCUT2D eigenvalue weighted by atomic mass is 9.58. The maximum absolute atomic E-state index is 13.6. The van der Waals surface area contributed by atoms with Crippen molar-refractivity contribution in [2.24, 2.45) is 5.41 Å². The fourth-order valence-electron chi connectivity index (χ4n) is 5.05. The second kappa shape index (κ2) is 7.48. The van der Waals surface area contributed by atoms with Crippen LogP contribution in [0.15, 0.2) is 71.3 Å². The Morgan fingerprint density at radius 2 is 1.96 bits per heavy atom. The van der Waals surface area contributed by atoms with Gasteiger partial charge in [-0.15, -0.1) is 0 Å². The van der Waals surface area contributed by atoms with E-state index in [0.717, 1.165) is 24.8 Å². The van der Waals surface area contributed by atoms with Crippen LogP contribution in [0.2, 0.25) is 0 Å². The van der Waals surface area contributed by atoms with Crippen LogP contribution in [0, 0.1) is 11.2 Å². The number of aliphatic hydroxyl groups excluding tert-OH is 1. The lowest BCUT2D eigenvalue weighted by Crippen LogP contribution is -2.42. The predicted molar refractivity (Wildman–Crippen MR) is 109 cm³/mol. The molecular formula is C25H25FO2. The van der Waals surface area contributed by atoms with E-state index in [0.29, 0.717) is 29.6 Å². The van der Waals surface area contributed by atoms with E-state index in [9.17, 15) is 14.3 Å². The molecule has 1 saturated carbocycles. The molecule has 4 rings (SSSR count). The third kappa shape index (κ3) is 3.47. The fourth-order valence-corrected chi connectivity index (χ4v) is 5.05. The Bertz CT molecular complexity index is 958. The van der Waals surface area contributed by atoms with Crippen molar-refractivity contribution in [2.45, 2.75) is 45.1 Å². The molecule has 0 spiro atoms. The topological polar surface area (TPSA) is 37.3 Å². The van der Waals surface area contributed by atoms with Gasteiger partial charge in [0.05, 0.1) is 6.10 Å². The Labute approximate surface area is 165 Å². The third-order valence-corrected chi connectivity index (χ3v) is 6.18. The molecule has 0 aromatic heterocycles. The number of carbonyl (C=O) groups is 1. The molecule has 0 saturated heterocycles. The zero-order valence-electron chi connectivity index (χ0n) is 16.1. The molecule has 2 aromatic carbocycles. The van der Waals surface area contributed by atoms with Gasteiger partial charge >= 0.3 is 0 Å². The largest absolute Gasteiger partial charge is 0.389 e. The molecule has 0 heterocycles. The molecule has 144 valence electrons. The number of rotatable bonds is 3. The minimum atomic E-state index is -0.558. The van der Waals surface area contributed by atoms with E-state index in [-0.39, 0.29) is 17.0 Å². The van der Waals surface area contributed by atoms with Gasteiger partial charge in [-0.25, -0.2) is 4.39 Å². The molecule has 1 unspecified atom stereocenters. The summed E-state index contributed by atoms with van der Waals surface area (Å²) >= 11 is 0. The third-order valence-electron chi connectivity index (χ3n) is 6.18. The number of fused-ring (bicyclic) bond motifs is 1. The molecule has 2 atom stereocenters. The standard InChI is InChI=1S/C25H25FO2/c1-17-23-22(27)11-6-12-25(23,15-18-7-3-2-4-8-18)16-20(24(17)28)13-19-9-5-10-21(26)14-19/h2-5,7-10,13-14,22,27H,6,11-12,15-16H2,1H3/t22?,25-/m0/s1. The SMILES string of the molecule is CC1=C2C(O)CCC[C@]2(Cc2ccccc2)CC(=Cc2cccc(F)c2)C1=O. The second-order valence-electron chi connectivity index (χ2n) is 8.12. The highest BCUT2D eigenvalue weighted by atomic mass is 19.1. The van der Waals surface area contributed by atoms with E-state index in [1.54, 1.807) is 6.07 Å². The Morgan fingerprint density at radius 1 is 1.18 bits per heavy atom. The number of hydrogen-bond donors (Lipinski definition) is 1. The Balaban J connectivity index is 1.80. The van der Waals surface area contributed by atoms with Gasteiger partial charge in [-0.2, -0.15) is 0 Å². The summed E-state index contributed by atoms with van der Waals surface area (Å²) in [4.78, 5) is 13.1. The fraction of sp³-hybridized carbons (Fsp3) is 0.320. The van der Waals surface area contributed by atoms with Crippen molar-refractivity contribution in [3.63, 3.8) is 0 Å². The summed E-state index contributed by atoms with van der Waals surface area (Å²) < 4.78 is 13.6. The normalized spacial score (nSPS) is 26.5. The molecular weight excluding hydrogens is 351 g/mol. The zero-order chi connectivity index (χ0) is 19.7. The van der Waals surface area contributed by atoms with Gasteiger partial charge in [0.15, 0.2) is 5.78 Å². The molecule has 1 N–H and O–H groups in total. The molecule has 0 aliphatic heterocycles. The number of allylic oxidation sites excluding steroid dienone is 2. The van der Waals surface area contributed by atoms with Gasteiger partial charge in [-0.3, -0.25) is 4.79 Å². The molecule has 2 aliphatic rings. The maximum atomic E-state index is 13.6. The molecule has 3 heteroatoms. The Hall–Kier alpha value is -2.52. The number of carbonyl (C=O) groups excluding carboxylic acids is 1. The number of halogens is 1. The first-order chi connectivity index (χ1) is 13.5. The predicted octanol–water partition coefficient (Wildman–Crippen LogP) is 5.27. The lowest BCUT2D eigenvalue weighted by Gasteiger charge is -2.46. The van der Waals surface area contributed by atoms with E-state index < -0.39 is 6.10 Å². The van der Waals surface area contributed by atoms with E-state index in [2.05, 4.69) is 12.1 Å². The van der Waals surface area contributed by atoms with Crippen molar-refractivity contribution in [3.8, 4) is 0 Å². The van der Waals surface area contributed by atoms with Crippen LogP contribution in [0.3, 0.4) is 0 Å². The van der Waals surface area contributed by atoms with Crippen LogP contribution >= 0.6 is 0 Å². The lowest BCUT2D eigenvalue weighted by molar-refractivity contribution is -0.113. The van der Waals surface area contributed by atoms with Crippen LogP contribution in [-0.4, -0.2) is 17.0 Å². The zero-order valence-corrected chi connectivity index (χ0v) is 16.1. The first kappa shape index (κ1) is 18.8. The van der Waals surface area contributed by atoms with Crippen LogP contribution in [-0.2, 0) is 11.2 Å². The summed E-state index contributed by atoms with van der Waals surface area (Å²) in [6.45, 7) is 1.84. The molecule has 0 radical (unpaired) electrons. The van der Waals surface area contributed by atoms with Crippen molar-refractivity contribution in [1.82, 2.24) is 0 Å². The van der Waals surface area contributed by atoms with Gasteiger partial charge in [0.2, 0.25) is 0 Å². The molecule has 2 aliphatic carbocycles. The van der Waals surface area contributed by atoms with E-state index >= 15 is 0 Å². The average molecular weight is 376 g/mol. The van der Waals surface area contributed by atoms with Gasteiger partial charge in [0, 0.05) is 11.0 Å². The minimum absolute atomic E-state index is 0.0242. The average Bonchev–Trinajstić information content (AvgIpc) is 2.67. The minimum Gasteiger partial charge on any atom is -0.389 e. The quantitative estimate of drug-likeness (QED) is 0.741. The Morgan fingerprint density at radius 3 is 2.71 bits per heavy atom. The van der Waals surface area contributed by atoms with Crippen LogP contribution in [0.1, 0.15) is 43.7 Å². The molecule has 0 amide bonds. The highest BCUT2D eigenvalue weighted by molar-refractivity contribution is 6.12. The molecule has 2 nitrogen and oxygen atoms in total. The summed E-state index contributed by atoms with van der Waals surface area (Å²) in [5.74, 6) is -0.332. The molecule has 1 fully saturated rings. The number of hydrogen-bond acceptors (Lipinski definition) is 2. The second-order valence-corrected chi connectivity index (χ2v) is 8.12. The van der Waals surface area contributed by atoms with Crippen molar-refractivity contribution in [1.29, 1.82) is 0 Å². The van der Waals surface area contributed by atoms with Gasteiger partial charge in [0.25, 0.3) is 0 Å². The van der Waals surface area contributed by atoms with Crippen LogP contribution in [0.25, 0.3) is 6.08 Å². The first-order valence-corrected chi connectivity index (χ1v) is 9.93. The van der Waals surface area contributed by atoms with Crippen molar-refractivity contribution in [2.75, 3.05) is 0 Å². The highest BCUT2D eigenvalue weighted by Gasteiger charge is 2.46. The molecule has 28 heavy (non-hydrogen) atoms. The number of benzene rings is 2. The smallest absolute Gasteiger partial charge is 0.184 e. The Kier molecular flexibility index (Phi) is 5.03. The van der Waals surface area contributed by atoms with Crippen molar-refractivity contribution < 1.29 is 14.3 Å². The number of Topliss-reactive ketones (excluding diaryl/α,β-unsaturated/α-hetero) is 1. The van der Waals surface area contributed by atoms with Crippen molar-refractivity contribution >= 4 is 11.9 Å².